The number of hydrogen-bond donors (Lipinski definition) is 2. The monoisotopic (exact) mass is 446 g/mol. The first-order valence-electron chi connectivity index (χ1n) is 11.6. The van der Waals surface area contributed by atoms with Crippen molar-refractivity contribution in [2.24, 2.45) is 5.73 Å². The zero-order valence-electron chi connectivity index (χ0n) is 19.3. The fourth-order valence-electron chi connectivity index (χ4n) is 3.91. The molecule has 5 heteroatoms. The van der Waals surface area contributed by atoms with Gasteiger partial charge in [0.05, 0.1) is 6.04 Å². The van der Waals surface area contributed by atoms with Crippen LogP contribution in [0, 0.1) is 0 Å². The molecule has 1 amide bonds. The summed E-state index contributed by atoms with van der Waals surface area (Å²) in [4.78, 5) is 14.1. The summed E-state index contributed by atoms with van der Waals surface area (Å²) in [5, 5.41) is 8.93. The van der Waals surface area contributed by atoms with E-state index in [4.69, 9.17) is 15.6 Å². The molecule has 1 aliphatic heterocycles. The molecule has 3 N–H and O–H groups in total. The molecule has 0 aromatic heterocycles. The van der Waals surface area contributed by atoms with Gasteiger partial charge in [-0.25, -0.2) is 4.79 Å². The van der Waals surface area contributed by atoms with Crippen molar-refractivity contribution in [3.63, 3.8) is 0 Å². The highest BCUT2D eigenvalue weighted by Crippen LogP contribution is 2.28. The van der Waals surface area contributed by atoms with Gasteiger partial charge in [0, 0.05) is 26.1 Å². The molecule has 0 aliphatic carbocycles. The zero-order chi connectivity index (χ0) is 23.5. The van der Waals surface area contributed by atoms with Gasteiger partial charge in [0.15, 0.2) is 0 Å². The van der Waals surface area contributed by atoms with Crippen molar-refractivity contribution in [1.82, 2.24) is 4.90 Å². The third-order valence-corrected chi connectivity index (χ3v) is 5.90. The van der Waals surface area contributed by atoms with Crippen LogP contribution in [0.15, 0.2) is 84.9 Å². The molecule has 4 rings (SSSR count). The van der Waals surface area contributed by atoms with Crippen LogP contribution in [-0.4, -0.2) is 35.4 Å². The van der Waals surface area contributed by atoms with E-state index in [0.717, 1.165) is 35.1 Å². The van der Waals surface area contributed by atoms with Crippen LogP contribution in [0.3, 0.4) is 0 Å². The summed E-state index contributed by atoms with van der Waals surface area (Å²) in [6.45, 7) is 3.36. The molecule has 33 heavy (non-hydrogen) atoms. The van der Waals surface area contributed by atoms with Gasteiger partial charge in [-0.1, -0.05) is 78.9 Å². The number of carbonyl (C=O) groups is 1. The number of aliphatic hydroxyl groups is 1. The van der Waals surface area contributed by atoms with Gasteiger partial charge in [-0.3, -0.25) is 0 Å². The minimum atomic E-state index is -0.267. The highest BCUT2D eigenvalue weighted by Gasteiger charge is 2.30. The highest BCUT2D eigenvalue weighted by atomic mass is 16.6. The maximum atomic E-state index is 12.4. The Hall–Kier alpha value is -3.15. The fraction of sp³-hybridized carbons (Fsp3) is 0.321. The van der Waals surface area contributed by atoms with Crippen molar-refractivity contribution < 1.29 is 14.6 Å². The summed E-state index contributed by atoms with van der Waals surface area (Å²) >= 11 is 0. The quantitative estimate of drug-likeness (QED) is 0.499. The van der Waals surface area contributed by atoms with Gasteiger partial charge in [0.25, 0.3) is 0 Å². The molecule has 2 atom stereocenters. The first kappa shape index (κ1) is 24.5. The number of nitrogens with two attached hydrogens (primary N) is 1. The lowest BCUT2D eigenvalue weighted by Crippen LogP contribution is -2.43. The van der Waals surface area contributed by atoms with Gasteiger partial charge in [0.1, 0.15) is 6.10 Å². The summed E-state index contributed by atoms with van der Waals surface area (Å²) in [7, 11) is 0. The molecule has 3 aromatic carbocycles. The Bertz CT molecular complexity index is 949. The third kappa shape index (κ3) is 7.17. The van der Waals surface area contributed by atoms with Crippen LogP contribution in [0.5, 0.6) is 0 Å². The second-order valence-corrected chi connectivity index (χ2v) is 8.21. The molecule has 174 valence electrons. The lowest BCUT2D eigenvalue weighted by molar-refractivity contribution is 0.00760. The average molecular weight is 447 g/mol. The number of hydrogen-bond acceptors (Lipinski definition) is 4. The summed E-state index contributed by atoms with van der Waals surface area (Å²) in [6.07, 6.45) is 1.85. The minimum Gasteiger partial charge on any atom is -0.446 e. The van der Waals surface area contributed by atoms with Crippen molar-refractivity contribution in [3.8, 4) is 11.1 Å². The van der Waals surface area contributed by atoms with Crippen LogP contribution in [0.4, 0.5) is 4.79 Å². The van der Waals surface area contributed by atoms with Crippen molar-refractivity contribution in [3.05, 3.63) is 96.1 Å². The Morgan fingerprint density at radius 1 is 1.00 bits per heavy atom. The lowest BCUT2D eigenvalue weighted by Gasteiger charge is -2.35. The van der Waals surface area contributed by atoms with E-state index in [9.17, 15) is 4.79 Å². The van der Waals surface area contributed by atoms with Gasteiger partial charge >= 0.3 is 6.09 Å². The molecule has 3 aromatic rings. The topological polar surface area (TPSA) is 75.8 Å². The average Bonchev–Trinajstić information content (AvgIpc) is 2.88. The standard InChI is InChI=1S/C22H28N2O3.C6H6/c1-16(24-12-11-21(6-3-13-25)27-22(24)26)18-7-9-19(10-8-18)20-5-2-4-17(14-20)15-23;1-2-4-6-5-3-1/h2,4-5,7-10,14,16,21,25H,3,6,11-13,15,23H2,1H3;1-6H. The predicted octanol–water partition coefficient (Wildman–Crippen LogP) is 5.54. The molecule has 0 spiro atoms. The van der Waals surface area contributed by atoms with Gasteiger partial charge in [-0.2, -0.15) is 0 Å². The molecule has 2 unspecified atom stereocenters. The van der Waals surface area contributed by atoms with Crippen molar-refractivity contribution >= 4 is 6.09 Å². The maximum absolute atomic E-state index is 12.4. The normalized spacial score (nSPS) is 16.4. The van der Waals surface area contributed by atoms with Crippen LogP contribution in [0.2, 0.25) is 0 Å². The van der Waals surface area contributed by atoms with E-state index < -0.39 is 0 Å². The first-order valence-corrected chi connectivity index (χ1v) is 11.6. The van der Waals surface area contributed by atoms with E-state index in [0.29, 0.717) is 19.5 Å². The number of aliphatic hydroxyl groups excluding tert-OH is 1. The summed E-state index contributed by atoms with van der Waals surface area (Å²) < 4.78 is 5.53. The number of ether oxygens (including phenoxy) is 1. The summed E-state index contributed by atoms with van der Waals surface area (Å²) in [6, 6.07) is 28.5. The van der Waals surface area contributed by atoms with Crippen molar-refractivity contribution in [2.75, 3.05) is 13.2 Å². The molecule has 1 saturated heterocycles. The van der Waals surface area contributed by atoms with Gasteiger partial charge in [-0.15, -0.1) is 0 Å². The van der Waals surface area contributed by atoms with Crippen LogP contribution < -0.4 is 5.73 Å². The number of carbonyl (C=O) groups excluding carboxylic acids is 1. The highest BCUT2D eigenvalue weighted by molar-refractivity contribution is 5.69. The molecule has 1 fully saturated rings. The van der Waals surface area contributed by atoms with E-state index >= 15 is 0 Å². The molecular formula is C28H34N2O3. The molecule has 0 bridgehead atoms. The molecular weight excluding hydrogens is 412 g/mol. The largest absolute Gasteiger partial charge is 0.446 e. The van der Waals surface area contributed by atoms with E-state index in [1.54, 1.807) is 4.90 Å². The van der Waals surface area contributed by atoms with E-state index in [1.807, 2.05) is 55.5 Å². The van der Waals surface area contributed by atoms with E-state index in [2.05, 4.69) is 36.4 Å². The lowest BCUT2D eigenvalue weighted by atomic mass is 9.99. The summed E-state index contributed by atoms with van der Waals surface area (Å²) in [5.74, 6) is 0. The zero-order valence-corrected chi connectivity index (χ0v) is 19.3. The number of amides is 1. The maximum Gasteiger partial charge on any atom is 0.410 e. The SMILES string of the molecule is CC(c1ccc(-c2cccc(CN)c2)cc1)N1CCC(CCCO)OC1=O.c1ccccc1. The second kappa shape index (κ2) is 12.8. The minimum absolute atomic E-state index is 0.0410. The van der Waals surface area contributed by atoms with Crippen LogP contribution in [0.1, 0.15) is 43.4 Å². The van der Waals surface area contributed by atoms with Crippen molar-refractivity contribution in [1.29, 1.82) is 0 Å². The number of rotatable bonds is 7. The third-order valence-electron chi connectivity index (χ3n) is 5.90. The van der Waals surface area contributed by atoms with Crippen LogP contribution in [-0.2, 0) is 11.3 Å². The Balaban J connectivity index is 0.000000442. The Kier molecular flexibility index (Phi) is 9.48. The number of cyclic esters (lactones) is 1. The Morgan fingerprint density at radius 2 is 1.67 bits per heavy atom. The second-order valence-electron chi connectivity index (χ2n) is 8.21. The molecule has 0 saturated carbocycles. The van der Waals surface area contributed by atoms with Crippen LogP contribution in [0.25, 0.3) is 11.1 Å². The van der Waals surface area contributed by atoms with E-state index in [-0.39, 0.29) is 24.8 Å². The first-order chi connectivity index (χ1) is 16.1. The Labute approximate surface area is 196 Å². The predicted molar refractivity (Wildman–Crippen MR) is 133 cm³/mol. The number of benzene rings is 3. The van der Waals surface area contributed by atoms with Crippen LogP contribution >= 0.6 is 0 Å². The summed E-state index contributed by atoms with van der Waals surface area (Å²) in [5.41, 5.74) is 10.2. The molecule has 0 radical (unpaired) electrons. The number of nitrogens with zero attached hydrogens (tertiary/aromatic N) is 1. The van der Waals surface area contributed by atoms with Gasteiger partial charge in [-0.05, 0) is 48.1 Å². The fourth-order valence-corrected chi connectivity index (χ4v) is 3.91. The molecule has 1 aliphatic rings. The molecule has 1 heterocycles. The van der Waals surface area contributed by atoms with Gasteiger partial charge < -0.3 is 20.5 Å². The van der Waals surface area contributed by atoms with E-state index in [1.165, 1.54) is 0 Å². The van der Waals surface area contributed by atoms with Gasteiger partial charge in [0.2, 0.25) is 0 Å². The molecule has 5 nitrogen and oxygen atoms in total. The van der Waals surface area contributed by atoms with Crippen molar-refractivity contribution in [2.45, 2.75) is 44.9 Å². The Morgan fingerprint density at radius 3 is 2.24 bits per heavy atom. The smallest absolute Gasteiger partial charge is 0.410 e.